The summed E-state index contributed by atoms with van der Waals surface area (Å²) in [5.41, 5.74) is 0. The van der Waals surface area contributed by atoms with Gasteiger partial charge in [-0.1, -0.05) is 12.8 Å². The van der Waals surface area contributed by atoms with Gasteiger partial charge in [0, 0.05) is 32.1 Å². The van der Waals surface area contributed by atoms with Crippen LogP contribution in [0.15, 0.2) is 0 Å². The predicted molar refractivity (Wildman–Crippen MR) is 73.1 cm³/mol. The molecule has 108 valence electrons. The van der Waals surface area contributed by atoms with Gasteiger partial charge >= 0.3 is 0 Å². The van der Waals surface area contributed by atoms with Crippen molar-refractivity contribution in [3.05, 3.63) is 0 Å². The highest BCUT2D eigenvalue weighted by Crippen LogP contribution is 2.13. The number of rotatable bonds is 7. The van der Waals surface area contributed by atoms with Gasteiger partial charge in [0.25, 0.3) is 10.2 Å². The maximum absolute atomic E-state index is 12.2. The average Bonchev–Trinajstić information content (AvgIpc) is 2.58. The number of alkyl halides is 1. The normalized spacial score (nSPS) is 20.6. The lowest BCUT2D eigenvalue weighted by Gasteiger charge is -2.24. The molecule has 1 unspecified atom stereocenters. The van der Waals surface area contributed by atoms with Gasteiger partial charge in [-0.05, 0) is 19.3 Å². The van der Waals surface area contributed by atoms with Crippen molar-refractivity contribution in [1.82, 2.24) is 9.03 Å². The van der Waals surface area contributed by atoms with Gasteiger partial charge in [0.2, 0.25) is 0 Å². The molecule has 1 rings (SSSR count). The molecule has 1 aliphatic heterocycles. The molecule has 0 aromatic heterocycles. The number of hydrogen-bond donors (Lipinski definition) is 1. The van der Waals surface area contributed by atoms with Gasteiger partial charge in [0.1, 0.15) is 0 Å². The van der Waals surface area contributed by atoms with Crippen LogP contribution < -0.4 is 4.72 Å². The molecule has 0 aromatic rings. The van der Waals surface area contributed by atoms with E-state index in [9.17, 15) is 8.42 Å². The van der Waals surface area contributed by atoms with Crippen LogP contribution in [0.4, 0.5) is 0 Å². The second kappa shape index (κ2) is 8.32. The highest BCUT2D eigenvalue weighted by atomic mass is 35.5. The predicted octanol–water partition coefficient (Wildman–Crippen LogP) is 1.34. The molecule has 1 saturated heterocycles. The fourth-order valence-electron chi connectivity index (χ4n) is 2.08. The van der Waals surface area contributed by atoms with Crippen molar-refractivity contribution in [2.45, 2.75) is 38.1 Å². The van der Waals surface area contributed by atoms with E-state index in [0.717, 1.165) is 25.7 Å². The molecule has 1 atom stereocenters. The van der Waals surface area contributed by atoms with Crippen LogP contribution in [0.25, 0.3) is 0 Å². The molecule has 1 N–H and O–H groups in total. The van der Waals surface area contributed by atoms with Crippen molar-refractivity contribution >= 4 is 21.8 Å². The molecule has 7 heteroatoms. The smallest absolute Gasteiger partial charge is 0.279 e. The zero-order valence-corrected chi connectivity index (χ0v) is 12.5. The summed E-state index contributed by atoms with van der Waals surface area (Å²) < 4.78 is 33.7. The van der Waals surface area contributed by atoms with E-state index >= 15 is 0 Å². The lowest BCUT2D eigenvalue weighted by atomic mass is 10.2. The maximum atomic E-state index is 12.2. The lowest BCUT2D eigenvalue weighted by Crippen LogP contribution is -2.47. The molecule has 0 aromatic carbocycles. The Bertz CT molecular complexity index is 310. The van der Waals surface area contributed by atoms with Gasteiger partial charge in [-0.2, -0.15) is 17.4 Å². The zero-order valence-electron chi connectivity index (χ0n) is 10.9. The molecular weight excluding hydrogens is 276 g/mol. The Hall–Kier alpha value is 0.120. The van der Waals surface area contributed by atoms with Crippen molar-refractivity contribution in [1.29, 1.82) is 0 Å². The molecule has 0 amide bonds. The Balaban J connectivity index is 2.59. The monoisotopic (exact) mass is 298 g/mol. The van der Waals surface area contributed by atoms with E-state index in [1.54, 1.807) is 7.11 Å². The zero-order chi connectivity index (χ0) is 13.4. The van der Waals surface area contributed by atoms with Crippen LogP contribution in [0, 0.1) is 0 Å². The molecule has 0 saturated carbocycles. The number of hydrogen-bond acceptors (Lipinski definition) is 3. The van der Waals surface area contributed by atoms with Gasteiger partial charge < -0.3 is 4.74 Å². The minimum atomic E-state index is -3.41. The second-order valence-electron chi connectivity index (χ2n) is 4.57. The fourth-order valence-corrected chi connectivity index (χ4v) is 3.83. The molecule has 1 fully saturated rings. The molecule has 1 aliphatic rings. The number of halogens is 1. The summed E-state index contributed by atoms with van der Waals surface area (Å²) >= 11 is 5.67. The first-order chi connectivity index (χ1) is 8.60. The SMILES string of the molecule is COCC(CCCl)NS(=O)(=O)N1CCCCCC1. The summed E-state index contributed by atoms with van der Waals surface area (Å²) in [6.45, 7) is 1.56. The van der Waals surface area contributed by atoms with Gasteiger partial charge in [-0.15, -0.1) is 11.6 Å². The first-order valence-electron chi connectivity index (χ1n) is 6.42. The molecule has 0 radical (unpaired) electrons. The molecule has 1 heterocycles. The van der Waals surface area contributed by atoms with Crippen LogP contribution in [0.5, 0.6) is 0 Å². The van der Waals surface area contributed by atoms with Crippen molar-refractivity contribution in [2.75, 3.05) is 32.7 Å². The lowest BCUT2D eigenvalue weighted by molar-refractivity contribution is 0.172. The van der Waals surface area contributed by atoms with Crippen LogP contribution in [-0.2, 0) is 14.9 Å². The first-order valence-corrected chi connectivity index (χ1v) is 8.40. The van der Waals surface area contributed by atoms with E-state index in [1.807, 2.05) is 0 Å². The van der Waals surface area contributed by atoms with Gasteiger partial charge in [-0.25, -0.2) is 0 Å². The van der Waals surface area contributed by atoms with E-state index in [2.05, 4.69) is 4.72 Å². The second-order valence-corrected chi connectivity index (χ2v) is 6.65. The summed E-state index contributed by atoms with van der Waals surface area (Å²) in [6, 6.07) is -0.249. The third kappa shape index (κ3) is 5.40. The van der Waals surface area contributed by atoms with Crippen molar-refractivity contribution in [3.8, 4) is 0 Å². The highest BCUT2D eigenvalue weighted by Gasteiger charge is 2.25. The number of ether oxygens (including phenoxy) is 1. The first kappa shape index (κ1) is 16.2. The minimum absolute atomic E-state index is 0.249. The Morgan fingerprint density at radius 1 is 1.28 bits per heavy atom. The van der Waals surface area contributed by atoms with E-state index < -0.39 is 10.2 Å². The highest BCUT2D eigenvalue weighted by molar-refractivity contribution is 7.87. The Morgan fingerprint density at radius 3 is 2.39 bits per heavy atom. The van der Waals surface area contributed by atoms with Crippen LogP contribution in [0.3, 0.4) is 0 Å². The third-order valence-corrected chi connectivity index (χ3v) is 4.94. The van der Waals surface area contributed by atoms with Crippen LogP contribution in [0.1, 0.15) is 32.1 Å². The molecule has 0 aliphatic carbocycles. The van der Waals surface area contributed by atoms with E-state index in [-0.39, 0.29) is 6.04 Å². The Morgan fingerprint density at radius 2 is 1.89 bits per heavy atom. The fraction of sp³-hybridized carbons (Fsp3) is 1.00. The molecule has 18 heavy (non-hydrogen) atoms. The largest absolute Gasteiger partial charge is 0.383 e. The van der Waals surface area contributed by atoms with Crippen molar-refractivity contribution in [3.63, 3.8) is 0 Å². The number of nitrogens with zero attached hydrogens (tertiary/aromatic N) is 1. The summed E-state index contributed by atoms with van der Waals surface area (Å²) in [4.78, 5) is 0. The Kier molecular flexibility index (Phi) is 7.48. The summed E-state index contributed by atoms with van der Waals surface area (Å²) in [5, 5.41) is 0. The van der Waals surface area contributed by atoms with Crippen LogP contribution in [0.2, 0.25) is 0 Å². The van der Waals surface area contributed by atoms with Crippen molar-refractivity contribution in [2.24, 2.45) is 0 Å². The number of nitrogens with one attached hydrogen (secondary N) is 1. The van der Waals surface area contributed by atoms with E-state index in [1.165, 1.54) is 4.31 Å². The van der Waals surface area contributed by atoms with Crippen LogP contribution >= 0.6 is 11.6 Å². The summed E-state index contributed by atoms with van der Waals surface area (Å²) in [6.07, 6.45) is 4.66. The maximum Gasteiger partial charge on any atom is 0.279 e. The third-order valence-electron chi connectivity index (χ3n) is 3.05. The van der Waals surface area contributed by atoms with Gasteiger partial charge in [0.15, 0.2) is 0 Å². The standard InChI is InChI=1S/C11H23ClN2O3S/c1-17-10-11(6-7-12)13-18(15,16)14-8-4-2-3-5-9-14/h11,13H,2-10H2,1H3. The summed E-state index contributed by atoms with van der Waals surface area (Å²) in [7, 11) is -1.85. The summed E-state index contributed by atoms with van der Waals surface area (Å²) in [5.74, 6) is 0.413. The quantitative estimate of drug-likeness (QED) is 0.722. The van der Waals surface area contributed by atoms with Gasteiger partial charge in [0.05, 0.1) is 6.61 Å². The van der Waals surface area contributed by atoms with Gasteiger partial charge in [-0.3, -0.25) is 0 Å². The van der Waals surface area contributed by atoms with Crippen molar-refractivity contribution < 1.29 is 13.2 Å². The minimum Gasteiger partial charge on any atom is -0.383 e. The van der Waals surface area contributed by atoms with E-state index in [0.29, 0.717) is 32.0 Å². The average molecular weight is 299 g/mol. The molecule has 0 spiro atoms. The Labute approximate surface area is 115 Å². The van der Waals surface area contributed by atoms with E-state index in [4.69, 9.17) is 16.3 Å². The molecular formula is C11H23ClN2O3S. The topological polar surface area (TPSA) is 58.6 Å². The molecule has 5 nitrogen and oxygen atoms in total. The number of methoxy groups -OCH3 is 1. The van der Waals surface area contributed by atoms with Crippen LogP contribution in [-0.4, -0.2) is 51.5 Å². The molecule has 0 bridgehead atoms.